The first-order chi connectivity index (χ1) is 12.2. The van der Waals surface area contributed by atoms with Crippen LogP contribution in [0.25, 0.3) is 0 Å². The largest absolute Gasteiger partial charge is 0.356 e. The molecule has 1 fully saturated rings. The Hall–Kier alpha value is -1.20. The van der Waals surface area contributed by atoms with Crippen molar-refractivity contribution in [1.29, 1.82) is 0 Å². The number of aliphatic imine (C=N–C) groups is 1. The third kappa shape index (κ3) is 6.90. The zero-order chi connectivity index (χ0) is 17.9. The predicted molar refractivity (Wildman–Crippen MR) is 111 cm³/mol. The van der Waals surface area contributed by atoms with Gasteiger partial charge < -0.3 is 10.6 Å². The second kappa shape index (κ2) is 11.4. The van der Waals surface area contributed by atoms with Crippen molar-refractivity contribution in [3.63, 3.8) is 0 Å². The molecule has 25 heavy (non-hydrogen) atoms. The van der Waals surface area contributed by atoms with Gasteiger partial charge in [-0.25, -0.2) is 0 Å². The summed E-state index contributed by atoms with van der Waals surface area (Å²) in [4.78, 5) is 6.86. The summed E-state index contributed by atoms with van der Waals surface area (Å²) in [6.07, 6.45) is 9.00. The van der Waals surface area contributed by atoms with E-state index in [1.54, 1.807) is 0 Å². The maximum Gasteiger partial charge on any atom is 0.191 e. The fourth-order valence-electron chi connectivity index (χ4n) is 3.47. The second-order valence-electron chi connectivity index (χ2n) is 6.82. The number of benzene rings is 1. The molecular formula is C20H34N4S. The molecule has 0 aromatic heterocycles. The molecule has 1 saturated carbocycles. The Bertz CT molecular complexity index is 526. The first kappa shape index (κ1) is 20.1. The van der Waals surface area contributed by atoms with Crippen LogP contribution in [0.15, 0.2) is 29.3 Å². The van der Waals surface area contributed by atoms with Crippen LogP contribution in [-0.2, 0) is 13.1 Å². The number of nitrogens with one attached hydrogen (secondary N) is 2. The topological polar surface area (TPSA) is 39.7 Å². The van der Waals surface area contributed by atoms with Crippen LogP contribution >= 0.6 is 11.8 Å². The molecular weight excluding hydrogens is 328 g/mol. The van der Waals surface area contributed by atoms with Crippen LogP contribution in [0.5, 0.6) is 0 Å². The van der Waals surface area contributed by atoms with E-state index in [9.17, 15) is 0 Å². The summed E-state index contributed by atoms with van der Waals surface area (Å²) in [5.74, 6) is 1.97. The van der Waals surface area contributed by atoms with Gasteiger partial charge in [0.25, 0.3) is 0 Å². The molecule has 0 spiro atoms. The van der Waals surface area contributed by atoms with Crippen LogP contribution in [0.3, 0.4) is 0 Å². The maximum absolute atomic E-state index is 4.31. The van der Waals surface area contributed by atoms with E-state index in [0.717, 1.165) is 37.4 Å². The first-order valence-corrected chi connectivity index (χ1v) is 10.8. The minimum Gasteiger partial charge on any atom is -0.356 e. The highest BCUT2D eigenvalue weighted by Crippen LogP contribution is 2.23. The van der Waals surface area contributed by atoms with Crippen LogP contribution in [0, 0.1) is 0 Å². The lowest BCUT2D eigenvalue weighted by atomic mass is 9.94. The molecule has 0 heterocycles. The summed E-state index contributed by atoms with van der Waals surface area (Å²) in [6.45, 7) is 2.78. The number of guanidine groups is 1. The van der Waals surface area contributed by atoms with Crippen molar-refractivity contribution in [3.8, 4) is 0 Å². The van der Waals surface area contributed by atoms with E-state index >= 15 is 0 Å². The molecule has 5 heteroatoms. The van der Waals surface area contributed by atoms with Crippen LogP contribution in [0.4, 0.5) is 0 Å². The van der Waals surface area contributed by atoms with Gasteiger partial charge >= 0.3 is 0 Å². The lowest BCUT2D eigenvalue weighted by Crippen LogP contribution is -2.38. The van der Waals surface area contributed by atoms with E-state index in [2.05, 4.69) is 58.1 Å². The Morgan fingerprint density at radius 1 is 1.16 bits per heavy atom. The average Bonchev–Trinajstić information content (AvgIpc) is 2.66. The number of rotatable bonds is 8. The smallest absolute Gasteiger partial charge is 0.191 e. The van der Waals surface area contributed by atoms with Crippen LogP contribution in [0.1, 0.15) is 43.2 Å². The fourth-order valence-corrected chi connectivity index (χ4v) is 3.78. The van der Waals surface area contributed by atoms with Gasteiger partial charge in [0.05, 0.1) is 0 Å². The third-order valence-electron chi connectivity index (χ3n) is 5.00. The zero-order valence-corrected chi connectivity index (χ0v) is 16.9. The Kier molecular flexibility index (Phi) is 9.19. The standard InChI is InChI=1S/C20H34N4S/c1-21-20(22-13-14-25-3)23-15-17-9-7-8-10-18(17)16-24(2)19-11-5-4-6-12-19/h7-10,19H,4-6,11-16H2,1-3H3,(H2,21,22,23). The van der Waals surface area contributed by atoms with Gasteiger partial charge in [0.2, 0.25) is 0 Å². The third-order valence-corrected chi connectivity index (χ3v) is 5.62. The van der Waals surface area contributed by atoms with Crippen molar-refractivity contribution in [3.05, 3.63) is 35.4 Å². The molecule has 0 bridgehead atoms. The van der Waals surface area contributed by atoms with E-state index in [0.29, 0.717) is 0 Å². The molecule has 0 aliphatic heterocycles. The average molecular weight is 363 g/mol. The SMILES string of the molecule is CN=C(NCCSC)NCc1ccccc1CN(C)C1CCCCC1. The normalized spacial score (nSPS) is 16.2. The Morgan fingerprint density at radius 2 is 1.88 bits per heavy atom. The number of hydrogen-bond acceptors (Lipinski definition) is 3. The van der Waals surface area contributed by atoms with E-state index in [4.69, 9.17) is 0 Å². The summed E-state index contributed by atoms with van der Waals surface area (Å²) >= 11 is 1.84. The van der Waals surface area contributed by atoms with Crippen molar-refractivity contribution in [2.24, 2.45) is 4.99 Å². The van der Waals surface area contributed by atoms with E-state index in [-0.39, 0.29) is 0 Å². The van der Waals surface area contributed by atoms with Gasteiger partial charge in [-0.05, 0) is 37.3 Å². The van der Waals surface area contributed by atoms with Gasteiger partial charge in [0.15, 0.2) is 5.96 Å². The summed E-state index contributed by atoms with van der Waals surface area (Å²) in [7, 11) is 4.11. The predicted octanol–water partition coefficient (Wildman–Crippen LogP) is 3.48. The molecule has 1 aromatic carbocycles. The highest BCUT2D eigenvalue weighted by Gasteiger charge is 2.18. The monoisotopic (exact) mass is 362 g/mol. The molecule has 0 radical (unpaired) electrons. The molecule has 0 atom stereocenters. The minimum atomic E-state index is 0.746. The molecule has 4 nitrogen and oxygen atoms in total. The minimum absolute atomic E-state index is 0.746. The van der Waals surface area contributed by atoms with Gasteiger partial charge in [-0.3, -0.25) is 9.89 Å². The van der Waals surface area contributed by atoms with E-state index < -0.39 is 0 Å². The van der Waals surface area contributed by atoms with Crippen LogP contribution in [0.2, 0.25) is 0 Å². The van der Waals surface area contributed by atoms with Crippen molar-refractivity contribution >= 4 is 17.7 Å². The summed E-state index contributed by atoms with van der Waals surface area (Å²) in [5, 5.41) is 6.81. The molecule has 0 saturated heterocycles. The Morgan fingerprint density at radius 3 is 2.56 bits per heavy atom. The molecule has 1 aromatic rings. The highest BCUT2D eigenvalue weighted by molar-refractivity contribution is 7.98. The fraction of sp³-hybridized carbons (Fsp3) is 0.650. The number of nitrogens with zero attached hydrogens (tertiary/aromatic N) is 2. The molecule has 0 amide bonds. The number of thioether (sulfide) groups is 1. The Balaban J connectivity index is 1.90. The molecule has 2 rings (SSSR count). The lowest BCUT2D eigenvalue weighted by Gasteiger charge is -2.31. The van der Waals surface area contributed by atoms with Crippen molar-refractivity contribution in [2.45, 2.75) is 51.2 Å². The zero-order valence-electron chi connectivity index (χ0n) is 16.1. The second-order valence-corrected chi connectivity index (χ2v) is 7.81. The van der Waals surface area contributed by atoms with Gasteiger partial charge in [-0.2, -0.15) is 11.8 Å². The first-order valence-electron chi connectivity index (χ1n) is 9.45. The van der Waals surface area contributed by atoms with Crippen molar-refractivity contribution in [2.75, 3.05) is 32.6 Å². The Labute approximate surface area is 157 Å². The van der Waals surface area contributed by atoms with E-state index in [1.165, 1.54) is 43.2 Å². The van der Waals surface area contributed by atoms with Gasteiger partial charge in [-0.1, -0.05) is 43.5 Å². The molecule has 0 unspecified atom stereocenters. The van der Waals surface area contributed by atoms with E-state index in [1.807, 2.05) is 18.8 Å². The molecule has 2 N–H and O–H groups in total. The van der Waals surface area contributed by atoms with Crippen molar-refractivity contribution in [1.82, 2.24) is 15.5 Å². The quantitative estimate of drug-likeness (QED) is 0.422. The molecule has 140 valence electrons. The van der Waals surface area contributed by atoms with Crippen LogP contribution in [-0.4, -0.2) is 49.6 Å². The molecule has 1 aliphatic rings. The van der Waals surface area contributed by atoms with Gasteiger partial charge in [-0.15, -0.1) is 0 Å². The van der Waals surface area contributed by atoms with Crippen LogP contribution < -0.4 is 10.6 Å². The van der Waals surface area contributed by atoms with Gasteiger partial charge in [0, 0.05) is 38.5 Å². The van der Waals surface area contributed by atoms with Crippen molar-refractivity contribution < 1.29 is 0 Å². The molecule has 1 aliphatic carbocycles. The summed E-state index contributed by atoms with van der Waals surface area (Å²) in [6, 6.07) is 9.52. The lowest BCUT2D eigenvalue weighted by molar-refractivity contribution is 0.184. The summed E-state index contributed by atoms with van der Waals surface area (Å²) < 4.78 is 0. The maximum atomic E-state index is 4.31. The summed E-state index contributed by atoms with van der Waals surface area (Å²) in [5.41, 5.74) is 2.78. The number of hydrogen-bond donors (Lipinski definition) is 2. The highest BCUT2D eigenvalue weighted by atomic mass is 32.2. The van der Waals surface area contributed by atoms with Gasteiger partial charge in [0.1, 0.15) is 0 Å².